The predicted octanol–water partition coefficient (Wildman–Crippen LogP) is 7.35. The van der Waals surface area contributed by atoms with Crippen LogP contribution in [0.1, 0.15) is 84.8 Å². The highest BCUT2D eigenvalue weighted by atomic mass is 32.2. The number of allylic oxidation sites excluding steroid dienone is 5. The molecule has 0 bridgehead atoms. The number of thioether (sulfide) groups is 1. The van der Waals surface area contributed by atoms with Crippen LogP contribution in [-0.4, -0.2) is 64.7 Å². The number of hydrogen-bond donors (Lipinski definition) is 5. The first-order valence-corrected chi connectivity index (χ1v) is 19.2. The quantitative estimate of drug-likeness (QED) is 0.0752. The number of ether oxygens (including phenoxy) is 1. The molecule has 0 aromatic heterocycles. The molecule has 2 aromatic rings. The predicted molar refractivity (Wildman–Crippen MR) is 209 cm³/mol. The Kier molecular flexibility index (Phi) is 19.8. The van der Waals surface area contributed by atoms with E-state index in [2.05, 4.69) is 55.8 Å². The molecule has 5 N–H and O–H groups in total. The van der Waals surface area contributed by atoms with E-state index in [0.29, 0.717) is 23.7 Å². The number of amides is 2. The van der Waals surface area contributed by atoms with Crippen molar-refractivity contribution in [2.75, 3.05) is 18.6 Å². The van der Waals surface area contributed by atoms with Crippen LogP contribution < -0.4 is 20.7 Å². The second kappa shape index (κ2) is 23.5. The fourth-order valence-corrected chi connectivity index (χ4v) is 5.85. The van der Waals surface area contributed by atoms with E-state index in [1.807, 2.05) is 56.5 Å². The molecule has 0 aliphatic heterocycles. The van der Waals surface area contributed by atoms with E-state index < -0.39 is 35.9 Å². The van der Waals surface area contributed by atoms with E-state index in [1.165, 1.54) is 28.5 Å². The van der Waals surface area contributed by atoms with Gasteiger partial charge in [0, 0.05) is 18.5 Å². The molecule has 2 rings (SSSR count). The Bertz CT molecular complexity index is 1480. The van der Waals surface area contributed by atoms with E-state index in [9.17, 15) is 24.6 Å². The fraction of sp³-hybridized carbons (Fsp3) is 0.488. The number of phenolic OH excluding ortho intramolecular Hbond substituents is 1. The molecule has 280 valence electrons. The Morgan fingerprint density at radius 1 is 0.843 bits per heavy atom. The number of carboxylic acids is 1. The van der Waals surface area contributed by atoms with E-state index in [-0.39, 0.29) is 31.1 Å². The van der Waals surface area contributed by atoms with Gasteiger partial charge in [0.2, 0.25) is 11.8 Å². The molecular formula is C41H59N3O6S. The minimum atomic E-state index is -1.12. The lowest BCUT2D eigenvalue weighted by atomic mass is 10.00. The summed E-state index contributed by atoms with van der Waals surface area (Å²) in [5.41, 5.74) is 5.35. The van der Waals surface area contributed by atoms with Crippen LogP contribution in [0.5, 0.6) is 11.5 Å². The number of para-hydroxylation sites is 1. The van der Waals surface area contributed by atoms with Gasteiger partial charge in [-0.25, -0.2) is 4.79 Å². The number of rotatable bonds is 23. The molecule has 3 atom stereocenters. The fourth-order valence-electron chi connectivity index (χ4n) is 5.38. The number of phenols is 1. The van der Waals surface area contributed by atoms with Crippen molar-refractivity contribution in [3.05, 3.63) is 94.6 Å². The van der Waals surface area contributed by atoms with Gasteiger partial charge >= 0.3 is 5.97 Å². The van der Waals surface area contributed by atoms with Crippen LogP contribution in [0.25, 0.3) is 0 Å². The van der Waals surface area contributed by atoms with Crippen molar-refractivity contribution in [2.24, 2.45) is 5.92 Å². The summed E-state index contributed by atoms with van der Waals surface area (Å²) in [6.07, 6.45) is 13.0. The van der Waals surface area contributed by atoms with Crippen LogP contribution in [0.15, 0.2) is 83.5 Å². The van der Waals surface area contributed by atoms with Crippen molar-refractivity contribution in [2.45, 2.75) is 105 Å². The lowest BCUT2D eigenvalue weighted by molar-refractivity contribution is -0.142. The SMILES string of the molecule is CSCC[C@H](NC(=O)[C@H](Cc1ccccc1)NC(=O)[C@@H](NCc1cccc(OC/C=C(\C)CC/C=C(\C)CCC=C(C)C)c1O)C(C)C)C(=O)O. The van der Waals surface area contributed by atoms with E-state index in [1.54, 1.807) is 18.2 Å². The third-order valence-electron chi connectivity index (χ3n) is 8.48. The van der Waals surface area contributed by atoms with Gasteiger partial charge in [-0.1, -0.05) is 85.2 Å². The van der Waals surface area contributed by atoms with Gasteiger partial charge < -0.3 is 30.9 Å². The Hall–Kier alpha value is -4.02. The average Bonchev–Trinajstić information content (AvgIpc) is 3.07. The van der Waals surface area contributed by atoms with Crippen molar-refractivity contribution in [1.29, 1.82) is 0 Å². The first kappa shape index (κ1) is 43.1. The van der Waals surface area contributed by atoms with Gasteiger partial charge in [0.15, 0.2) is 11.5 Å². The Morgan fingerprint density at radius 3 is 2.12 bits per heavy atom. The number of carbonyl (C=O) groups excluding carboxylic acids is 2. The minimum absolute atomic E-state index is 0.000165. The van der Waals surface area contributed by atoms with Crippen molar-refractivity contribution >= 4 is 29.5 Å². The van der Waals surface area contributed by atoms with E-state index in [0.717, 1.165) is 31.2 Å². The molecule has 10 heteroatoms. The number of benzene rings is 2. The van der Waals surface area contributed by atoms with Gasteiger partial charge in [-0.15, -0.1) is 0 Å². The molecule has 0 saturated heterocycles. The van der Waals surface area contributed by atoms with Crippen LogP contribution in [0.2, 0.25) is 0 Å². The molecule has 0 unspecified atom stereocenters. The third-order valence-corrected chi connectivity index (χ3v) is 9.12. The van der Waals surface area contributed by atoms with Crippen LogP contribution in [0.4, 0.5) is 0 Å². The number of hydrogen-bond acceptors (Lipinski definition) is 7. The number of nitrogens with one attached hydrogen (secondary N) is 3. The average molecular weight is 722 g/mol. The maximum Gasteiger partial charge on any atom is 0.326 e. The molecule has 9 nitrogen and oxygen atoms in total. The van der Waals surface area contributed by atoms with Gasteiger partial charge in [-0.2, -0.15) is 11.8 Å². The smallest absolute Gasteiger partial charge is 0.326 e. The number of aromatic hydroxyl groups is 1. The first-order chi connectivity index (χ1) is 24.3. The Balaban J connectivity index is 2.06. The zero-order valence-electron chi connectivity index (χ0n) is 31.5. The summed E-state index contributed by atoms with van der Waals surface area (Å²) in [5.74, 6) is -1.32. The van der Waals surface area contributed by atoms with Crippen molar-refractivity contribution in [1.82, 2.24) is 16.0 Å². The molecule has 0 spiro atoms. The van der Waals surface area contributed by atoms with Gasteiger partial charge in [-0.05, 0) is 95.4 Å². The van der Waals surface area contributed by atoms with E-state index in [4.69, 9.17) is 4.74 Å². The topological polar surface area (TPSA) is 137 Å². The normalized spacial score (nSPS) is 13.6. The molecule has 2 amide bonds. The summed E-state index contributed by atoms with van der Waals surface area (Å²) in [6, 6.07) is 11.8. The summed E-state index contributed by atoms with van der Waals surface area (Å²) in [4.78, 5) is 38.9. The highest BCUT2D eigenvalue weighted by molar-refractivity contribution is 7.98. The van der Waals surface area contributed by atoms with E-state index >= 15 is 0 Å². The Labute approximate surface area is 309 Å². The van der Waals surface area contributed by atoms with Crippen LogP contribution in [-0.2, 0) is 27.3 Å². The summed E-state index contributed by atoms with van der Waals surface area (Å²) in [5, 5.41) is 29.4. The molecule has 0 heterocycles. The van der Waals surface area contributed by atoms with Crippen LogP contribution >= 0.6 is 11.8 Å². The summed E-state index contributed by atoms with van der Waals surface area (Å²) >= 11 is 1.49. The lowest BCUT2D eigenvalue weighted by Gasteiger charge is -2.26. The molecule has 0 fully saturated rings. The molecule has 0 saturated carbocycles. The van der Waals surface area contributed by atoms with Crippen molar-refractivity contribution in [3.8, 4) is 11.5 Å². The molecule has 0 radical (unpaired) electrons. The zero-order valence-corrected chi connectivity index (χ0v) is 32.3. The second-order valence-electron chi connectivity index (χ2n) is 13.6. The monoisotopic (exact) mass is 721 g/mol. The second-order valence-corrected chi connectivity index (χ2v) is 14.6. The lowest BCUT2D eigenvalue weighted by Crippen LogP contribution is -2.56. The molecular weight excluding hydrogens is 663 g/mol. The van der Waals surface area contributed by atoms with Crippen molar-refractivity contribution in [3.63, 3.8) is 0 Å². The molecule has 51 heavy (non-hydrogen) atoms. The van der Waals surface area contributed by atoms with Gasteiger partial charge in [0.25, 0.3) is 0 Å². The third kappa shape index (κ3) is 16.7. The first-order valence-electron chi connectivity index (χ1n) is 17.8. The van der Waals surface area contributed by atoms with Crippen molar-refractivity contribution < 1.29 is 29.3 Å². The maximum absolute atomic E-state index is 13.7. The molecule has 2 aromatic carbocycles. The molecule has 0 aliphatic rings. The summed E-state index contributed by atoms with van der Waals surface area (Å²) in [7, 11) is 0. The molecule has 0 aliphatic carbocycles. The van der Waals surface area contributed by atoms with Crippen LogP contribution in [0, 0.1) is 5.92 Å². The summed E-state index contributed by atoms with van der Waals surface area (Å²) in [6.45, 7) is 12.8. The van der Waals surface area contributed by atoms with Gasteiger partial charge in [0.1, 0.15) is 18.7 Å². The number of aliphatic carboxylic acids is 1. The van der Waals surface area contributed by atoms with Gasteiger partial charge in [0.05, 0.1) is 6.04 Å². The highest BCUT2D eigenvalue weighted by Crippen LogP contribution is 2.30. The van der Waals surface area contributed by atoms with Gasteiger partial charge in [-0.3, -0.25) is 9.59 Å². The number of carbonyl (C=O) groups is 3. The minimum Gasteiger partial charge on any atom is -0.504 e. The highest BCUT2D eigenvalue weighted by Gasteiger charge is 2.30. The maximum atomic E-state index is 13.7. The number of carboxylic acid groups (broad SMARTS) is 1. The summed E-state index contributed by atoms with van der Waals surface area (Å²) < 4.78 is 5.92. The Morgan fingerprint density at radius 2 is 1.49 bits per heavy atom. The largest absolute Gasteiger partial charge is 0.504 e. The standard InChI is InChI=1S/C41H59N3O6S/c1-28(2)14-11-15-30(5)16-12-17-31(6)22-24-50-36-21-13-20-33(38(36)45)27-42-37(29(3)4)40(47)44-35(26-32-18-9-8-10-19-32)39(46)43-34(41(48)49)23-25-51-7/h8-10,13-14,16,18-22,29,34-35,37,42,45H,11-12,15,17,23-27H2,1-7H3,(H,43,46)(H,44,47)(H,48,49)/b30-16+,31-22+/t34-,35-,37-/m0/s1. The van der Waals surface area contributed by atoms with Crippen LogP contribution in [0.3, 0.4) is 0 Å². The zero-order chi connectivity index (χ0) is 37.8.